The third-order valence-corrected chi connectivity index (χ3v) is 5.55. The van der Waals surface area contributed by atoms with Crippen LogP contribution in [-0.2, 0) is 16.4 Å². The summed E-state index contributed by atoms with van der Waals surface area (Å²) in [5.74, 6) is 2.71. The molecular formula is C19H23NO6S. The van der Waals surface area contributed by atoms with Crippen LogP contribution in [0.15, 0.2) is 42.5 Å². The molecule has 27 heavy (non-hydrogen) atoms. The van der Waals surface area contributed by atoms with Gasteiger partial charge in [-0.1, -0.05) is 18.2 Å². The molecule has 0 saturated carbocycles. The van der Waals surface area contributed by atoms with Gasteiger partial charge in [-0.2, -0.15) is 0 Å². The largest absolute Gasteiger partial charge is 0.496 e. The Morgan fingerprint density at radius 2 is 1.93 bits per heavy atom. The highest BCUT2D eigenvalue weighted by Gasteiger charge is 2.14. The van der Waals surface area contributed by atoms with E-state index in [1.807, 2.05) is 24.3 Å². The Bertz CT molecular complexity index is 868. The molecule has 0 bridgehead atoms. The molecular weight excluding hydrogens is 370 g/mol. The maximum absolute atomic E-state index is 12.1. The highest BCUT2D eigenvalue weighted by Crippen LogP contribution is 2.35. The van der Waals surface area contributed by atoms with Gasteiger partial charge in [-0.15, -0.1) is 0 Å². The molecule has 2 aromatic rings. The Morgan fingerprint density at radius 3 is 2.78 bits per heavy atom. The van der Waals surface area contributed by atoms with E-state index in [0.717, 1.165) is 11.3 Å². The zero-order valence-corrected chi connectivity index (χ0v) is 16.0. The standard InChI is InChI=1S/C19H23NO6S/c1-23-17-6-3-2-5-15(17)9-10-20-27(21,22)12-4-11-24-16-7-8-18-19(13-16)26-14-25-18/h2-3,5-8,13,20H,4,9-12,14H2,1H3. The van der Waals surface area contributed by atoms with Gasteiger partial charge in [0.25, 0.3) is 0 Å². The summed E-state index contributed by atoms with van der Waals surface area (Å²) in [6.45, 7) is 0.830. The average Bonchev–Trinajstić information content (AvgIpc) is 3.13. The first-order valence-corrected chi connectivity index (χ1v) is 10.3. The summed E-state index contributed by atoms with van der Waals surface area (Å²) in [7, 11) is -1.75. The molecule has 2 aromatic carbocycles. The van der Waals surface area contributed by atoms with Gasteiger partial charge >= 0.3 is 0 Å². The molecule has 0 fully saturated rings. The maximum Gasteiger partial charge on any atom is 0.231 e. The molecule has 0 unspecified atom stereocenters. The third kappa shape index (κ3) is 5.51. The number of hydrogen-bond acceptors (Lipinski definition) is 6. The van der Waals surface area contributed by atoms with Crippen LogP contribution < -0.4 is 23.7 Å². The quantitative estimate of drug-likeness (QED) is 0.624. The molecule has 0 saturated heterocycles. The van der Waals surface area contributed by atoms with E-state index in [9.17, 15) is 8.42 Å². The summed E-state index contributed by atoms with van der Waals surface area (Å²) in [4.78, 5) is 0. The molecule has 146 valence electrons. The van der Waals surface area contributed by atoms with Gasteiger partial charge in [0.2, 0.25) is 16.8 Å². The second-order valence-corrected chi connectivity index (χ2v) is 7.92. The molecule has 0 aromatic heterocycles. The number of fused-ring (bicyclic) bond motifs is 1. The fourth-order valence-electron chi connectivity index (χ4n) is 2.73. The Hall–Kier alpha value is -2.45. The number of nitrogens with one attached hydrogen (secondary N) is 1. The van der Waals surface area contributed by atoms with Crippen LogP contribution in [0.25, 0.3) is 0 Å². The fourth-order valence-corrected chi connectivity index (χ4v) is 3.78. The molecule has 0 atom stereocenters. The predicted octanol–water partition coefficient (Wildman–Crippen LogP) is 2.35. The number of para-hydroxylation sites is 1. The molecule has 3 rings (SSSR count). The van der Waals surface area contributed by atoms with Crippen molar-refractivity contribution < 1.29 is 27.4 Å². The molecule has 1 N–H and O–H groups in total. The van der Waals surface area contributed by atoms with Crippen LogP contribution in [0.4, 0.5) is 0 Å². The van der Waals surface area contributed by atoms with E-state index in [1.54, 1.807) is 25.3 Å². The second kappa shape index (κ2) is 8.96. The Morgan fingerprint density at radius 1 is 1.11 bits per heavy atom. The van der Waals surface area contributed by atoms with Crippen LogP contribution in [-0.4, -0.2) is 41.2 Å². The number of hydrogen-bond donors (Lipinski definition) is 1. The van der Waals surface area contributed by atoms with Crippen molar-refractivity contribution in [2.75, 3.05) is 32.8 Å². The first kappa shape index (κ1) is 19.3. The summed E-state index contributed by atoms with van der Waals surface area (Å²) in [5, 5.41) is 0. The lowest BCUT2D eigenvalue weighted by molar-refractivity contribution is 0.173. The van der Waals surface area contributed by atoms with Crippen molar-refractivity contribution in [2.24, 2.45) is 0 Å². The van der Waals surface area contributed by atoms with Gasteiger partial charge in [0.1, 0.15) is 11.5 Å². The third-order valence-electron chi connectivity index (χ3n) is 4.08. The first-order chi connectivity index (χ1) is 13.1. The molecule has 1 aliphatic heterocycles. The first-order valence-electron chi connectivity index (χ1n) is 8.69. The van der Waals surface area contributed by atoms with Crippen molar-refractivity contribution in [2.45, 2.75) is 12.8 Å². The molecule has 1 heterocycles. The van der Waals surface area contributed by atoms with E-state index in [4.69, 9.17) is 18.9 Å². The summed E-state index contributed by atoms with van der Waals surface area (Å²) in [6.07, 6.45) is 0.954. The van der Waals surface area contributed by atoms with Crippen molar-refractivity contribution in [1.82, 2.24) is 4.72 Å². The monoisotopic (exact) mass is 393 g/mol. The van der Waals surface area contributed by atoms with Gasteiger partial charge in [0.15, 0.2) is 11.5 Å². The van der Waals surface area contributed by atoms with Crippen LogP contribution in [0.3, 0.4) is 0 Å². The zero-order chi connectivity index (χ0) is 19.1. The lowest BCUT2D eigenvalue weighted by Gasteiger charge is -2.10. The Balaban J connectivity index is 1.38. The van der Waals surface area contributed by atoms with E-state index in [-0.39, 0.29) is 12.5 Å². The fraction of sp³-hybridized carbons (Fsp3) is 0.368. The number of methoxy groups -OCH3 is 1. The van der Waals surface area contributed by atoms with E-state index in [1.165, 1.54) is 0 Å². The van der Waals surface area contributed by atoms with Crippen molar-refractivity contribution in [3.05, 3.63) is 48.0 Å². The number of ether oxygens (including phenoxy) is 4. The normalized spacial score (nSPS) is 12.8. The van der Waals surface area contributed by atoms with Crippen molar-refractivity contribution in [3.63, 3.8) is 0 Å². The van der Waals surface area contributed by atoms with E-state index >= 15 is 0 Å². The van der Waals surface area contributed by atoms with Gasteiger partial charge in [-0.25, -0.2) is 13.1 Å². The maximum atomic E-state index is 12.1. The minimum Gasteiger partial charge on any atom is -0.496 e. The molecule has 8 heteroatoms. The smallest absolute Gasteiger partial charge is 0.231 e. The van der Waals surface area contributed by atoms with Gasteiger partial charge in [-0.05, 0) is 36.6 Å². The summed E-state index contributed by atoms with van der Waals surface area (Å²) in [6, 6.07) is 12.8. The van der Waals surface area contributed by atoms with Crippen molar-refractivity contribution in [1.29, 1.82) is 0 Å². The molecule has 0 aliphatic carbocycles. The van der Waals surface area contributed by atoms with Crippen LogP contribution in [0, 0.1) is 0 Å². The van der Waals surface area contributed by atoms with Crippen LogP contribution in [0.1, 0.15) is 12.0 Å². The highest BCUT2D eigenvalue weighted by atomic mass is 32.2. The van der Waals surface area contributed by atoms with Crippen molar-refractivity contribution >= 4 is 10.0 Å². The van der Waals surface area contributed by atoms with E-state index in [2.05, 4.69) is 4.72 Å². The van der Waals surface area contributed by atoms with E-state index < -0.39 is 10.0 Å². The summed E-state index contributed by atoms with van der Waals surface area (Å²) in [5.41, 5.74) is 0.967. The number of sulfonamides is 1. The number of benzene rings is 2. The SMILES string of the molecule is COc1ccccc1CCNS(=O)(=O)CCCOc1ccc2c(c1)OCO2. The highest BCUT2D eigenvalue weighted by molar-refractivity contribution is 7.89. The summed E-state index contributed by atoms with van der Waals surface area (Å²) < 4.78 is 48.2. The van der Waals surface area contributed by atoms with E-state index in [0.29, 0.717) is 43.2 Å². The average molecular weight is 393 g/mol. The summed E-state index contributed by atoms with van der Waals surface area (Å²) >= 11 is 0. The van der Waals surface area contributed by atoms with Gasteiger partial charge in [-0.3, -0.25) is 0 Å². The van der Waals surface area contributed by atoms with Gasteiger partial charge in [0.05, 0.1) is 19.5 Å². The lowest BCUT2D eigenvalue weighted by Crippen LogP contribution is -2.29. The molecule has 0 radical (unpaired) electrons. The lowest BCUT2D eigenvalue weighted by atomic mass is 10.1. The number of rotatable bonds is 10. The van der Waals surface area contributed by atoms with Gasteiger partial charge in [0, 0.05) is 12.6 Å². The Kier molecular flexibility index (Phi) is 6.41. The van der Waals surface area contributed by atoms with Crippen LogP contribution in [0.5, 0.6) is 23.0 Å². The molecule has 7 nitrogen and oxygen atoms in total. The zero-order valence-electron chi connectivity index (χ0n) is 15.1. The van der Waals surface area contributed by atoms with Crippen LogP contribution in [0.2, 0.25) is 0 Å². The van der Waals surface area contributed by atoms with Crippen molar-refractivity contribution in [3.8, 4) is 23.0 Å². The minimum atomic E-state index is -3.35. The predicted molar refractivity (Wildman–Crippen MR) is 101 cm³/mol. The topological polar surface area (TPSA) is 83.1 Å². The van der Waals surface area contributed by atoms with Gasteiger partial charge < -0.3 is 18.9 Å². The molecule has 1 aliphatic rings. The molecule has 0 amide bonds. The van der Waals surface area contributed by atoms with Crippen LogP contribution >= 0.6 is 0 Å². The molecule has 0 spiro atoms. The second-order valence-electron chi connectivity index (χ2n) is 5.99. The minimum absolute atomic E-state index is 0.00345. The Labute approximate surface area is 159 Å².